The molecule has 0 fully saturated rings. The Morgan fingerprint density at radius 1 is 1.12 bits per heavy atom. The van der Waals surface area contributed by atoms with E-state index in [1.807, 2.05) is 0 Å². The lowest BCUT2D eigenvalue weighted by molar-refractivity contribution is 0.0543. The lowest BCUT2D eigenvalue weighted by Crippen LogP contribution is -2.34. The lowest BCUT2D eigenvalue weighted by atomic mass is 9.79. The molecule has 0 aromatic rings. The molecule has 17 heavy (non-hydrogen) atoms. The highest BCUT2D eigenvalue weighted by atomic mass is 16.5. The maximum Gasteiger partial charge on any atom is 0.0587 e. The second-order valence-corrected chi connectivity index (χ2v) is 5.97. The van der Waals surface area contributed by atoms with Crippen molar-refractivity contribution >= 4 is 0 Å². The minimum atomic E-state index is 0.320. The number of hydrogen-bond acceptors (Lipinski definition) is 3. The molecule has 3 heteroatoms. The standard InChI is InChI=1S/C14H31NO2/c1-12(2)17-9-7-13(14(3,4)5)11-15-8-10-16-6/h12-13,15H,7-11H2,1-6H3. The molecule has 0 radical (unpaired) electrons. The Hall–Kier alpha value is -0.120. The van der Waals surface area contributed by atoms with Crippen LogP contribution in [0.25, 0.3) is 0 Å². The first-order chi connectivity index (χ1) is 7.88. The number of ether oxygens (including phenoxy) is 2. The van der Waals surface area contributed by atoms with E-state index in [1.165, 1.54) is 0 Å². The molecule has 1 unspecified atom stereocenters. The number of rotatable bonds is 9. The molecule has 0 aromatic carbocycles. The van der Waals surface area contributed by atoms with Crippen LogP contribution in [-0.2, 0) is 9.47 Å². The summed E-state index contributed by atoms with van der Waals surface area (Å²) in [6.45, 7) is 14.7. The van der Waals surface area contributed by atoms with Crippen LogP contribution in [0.1, 0.15) is 41.0 Å². The van der Waals surface area contributed by atoms with Crippen LogP contribution in [0.3, 0.4) is 0 Å². The molecule has 0 aromatic heterocycles. The number of hydrogen-bond donors (Lipinski definition) is 1. The summed E-state index contributed by atoms with van der Waals surface area (Å²) in [4.78, 5) is 0. The van der Waals surface area contributed by atoms with Gasteiger partial charge in [-0.3, -0.25) is 0 Å². The zero-order valence-electron chi connectivity index (χ0n) is 12.5. The van der Waals surface area contributed by atoms with E-state index in [-0.39, 0.29) is 0 Å². The third-order valence-electron chi connectivity index (χ3n) is 3.02. The largest absolute Gasteiger partial charge is 0.383 e. The average molecular weight is 245 g/mol. The van der Waals surface area contributed by atoms with E-state index in [0.29, 0.717) is 17.4 Å². The minimum Gasteiger partial charge on any atom is -0.383 e. The second-order valence-electron chi connectivity index (χ2n) is 5.97. The van der Waals surface area contributed by atoms with E-state index in [1.54, 1.807) is 7.11 Å². The molecule has 0 saturated heterocycles. The van der Waals surface area contributed by atoms with Crippen molar-refractivity contribution in [3.05, 3.63) is 0 Å². The summed E-state index contributed by atoms with van der Waals surface area (Å²) in [7, 11) is 1.74. The Bertz CT molecular complexity index is 176. The first kappa shape index (κ1) is 16.9. The zero-order chi connectivity index (χ0) is 13.3. The molecular formula is C14H31NO2. The third-order valence-corrected chi connectivity index (χ3v) is 3.02. The van der Waals surface area contributed by atoms with Gasteiger partial charge in [0.1, 0.15) is 0 Å². The van der Waals surface area contributed by atoms with E-state index < -0.39 is 0 Å². The van der Waals surface area contributed by atoms with Crippen molar-refractivity contribution in [2.75, 3.05) is 33.4 Å². The van der Waals surface area contributed by atoms with Crippen LogP contribution in [0, 0.1) is 11.3 Å². The van der Waals surface area contributed by atoms with Gasteiger partial charge in [0.2, 0.25) is 0 Å². The summed E-state index contributed by atoms with van der Waals surface area (Å²) >= 11 is 0. The fourth-order valence-electron chi connectivity index (χ4n) is 1.74. The quantitative estimate of drug-likeness (QED) is 0.634. The topological polar surface area (TPSA) is 30.5 Å². The predicted molar refractivity (Wildman–Crippen MR) is 73.4 cm³/mol. The molecule has 1 atom stereocenters. The van der Waals surface area contributed by atoms with Crippen molar-refractivity contribution in [1.29, 1.82) is 0 Å². The lowest BCUT2D eigenvalue weighted by Gasteiger charge is -2.31. The molecule has 0 bridgehead atoms. The highest BCUT2D eigenvalue weighted by Crippen LogP contribution is 2.28. The van der Waals surface area contributed by atoms with E-state index in [4.69, 9.17) is 9.47 Å². The van der Waals surface area contributed by atoms with Crippen LogP contribution in [0.15, 0.2) is 0 Å². The van der Waals surface area contributed by atoms with Gasteiger partial charge in [-0.05, 0) is 38.1 Å². The summed E-state index contributed by atoms with van der Waals surface area (Å²) in [5.74, 6) is 0.637. The second kappa shape index (κ2) is 8.90. The van der Waals surface area contributed by atoms with E-state index in [9.17, 15) is 0 Å². The molecule has 3 nitrogen and oxygen atoms in total. The van der Waals surface area contributed by atoms with Crippen LogP contribution < -0.4 is 5.32 Å². The van der Waals surface area contributed by atoms with Crippen molar-refractivity contribution in [2.24, 2.45) is 11.3 Å². The van der Waals surface area contributed by atoms with E-state index in [0.717, 1.165) is 32.7 Å². The zero-order valence-corrected chi connectivity index (χ0v) is 12.5. The molecule has 0 aliphatic carbocycles. The summed E-state index contributed by atoms with van der Waals surface area (Å²) < 4.78 is 10.7. The Balaban J connectivity index is 3.90. The first-order valence-corrected chi connectivity index (χ1v) is 6.69. The van der Waals surface area contributed by atoms with Crippen LogP contribution in [0.5, 0.6) is 0 Å². The van der Waals surface area contributed by atoms with Crippen LogP contribution in [-0.4, -0.2) is 39.5 Å². The normalized spacial score (nSPS) is 14.3. The maximum absolute atomic E-state index is 5.64. The Morgan fingerprint density at radius 2 is 1.76 bits per heavy atom. The molecule has 0 saturated carbocycles. The van der Waals surface area contributed by atoms with Crippen molar-refractivity contribution in [1.82, 2.24) is 5.32 Å². The van der Waals surface area contributed by atoms with Gasteiger partial charge in [-0.2, -0.15) is 0 Å². The fourth-order valence-corrected chi connectivity index (χ4v) is 1.74. The highest BCUT2D eigenvalue weighted by Gasteiger charge is 2.23. The molecule has 104 valence electrons. The van der Waals surface area contributed by atoms with E-state index >= 15 is 0 Å². The Morgan fingerprint density at radius 3 is 2.24 bits per heavy atom. The molecular weight excluding hydrogens is 214 g/mol. The predicted octanol–water partition coefficient (Wildman–Crippen LogP) is 2.70. The van der Waals surface area contributed by atoms with Crippen LogP contribution in [0.2, 0.25) is 0 Å². The van der Waals surface area contributed by atoms with Crippen LogP contribution >= 0.6 is 0 Å². The molecule has 0 aliphatic rings. The number of nitrogens with one attached hydrogen (secondary N) is 1. The van der Waals surface area contributed by atoms with Crippen LogP contribution in [0.4, 0.5) is 0 Å². The summed E-state index contributed by atoms with van der Waals surface area (Å²) in [5, 5.41) is 3.45. The molecule has 0 rings (SSSR count). The monoisotopic (exact) mass is 245 g/mol. The summed E-state index contributed by atoms with van der Waals surface area (Å²) in [6.07, 6.45) is 1.44. The Labute approximate surface area is 107 Å². The molecule has 0 heterocycles. The van der Waals surface area contributed by atoms with Gasteiger partial charge in [0, 0.05) is 20.3 Å². The third kappa shape index (κ3) is 9.57. The van der Waals surface area contributed by atoms with Gasteiger partial charge in [-0.25, -0.2) is 0 Å². The summed E-state index contributed by atoms with van der Waals surface area (Å²) in [6, 6.07) is 0. The summed E-state index contributed by atoms with van der Waals surface area (Å²) in [5.41, 5.74) is 0.320. The molecule has 1 N–H and O–H groups in total. The highest BCUT2D eigenvalue weighted by molar-refractivity contribution is 4.76. The minimum absolute atomic E-state index is 0.320. The van der Waals surface area contributed by atoms with E-state index in [2.05, 4.69) is 39.9 Å². The smallest absolute Gasteiger partial charge is 0.0587 e. The molecule has 0 aliphatic heterocycles. The van der Waals surface area contributed by atoms with Gasteiger partial charge in [-0.15, -0.1) is 0 Å². The molecule has 0 spiro atoms. The molecule has 0 amide bonds. The SMILES string of the molecule is COCCNCC(CCOC(C)C)C(C)(C)C. The fraction of sp³-hybridized carbons (Fsp3) is 1.00. The first-order valence-electron chi connectivity index (χ1n) is 6.69. The van der Waals surface area contributed by atoms with Gasteiger partial charge >= 0.3 is 0 Å². The van der Waals surface area contributed by atoms with Gasteiger partial charge in [0.05, 0.1) is 12.7 Å². The van der Waals surface area contributed by atoms with Gasteiger partial charge in [0.25, 0.3) is 0 Å². The van der Waals surface area contributed by atoms with Gasteiger partial charge in [-0.1, -0.05) is 20.8 Å². The van der Waals surface area contributed by atoms with Crippen molar-refractivity contribution in [3.8, 4) is 0 Å². The average Bonchev–Trinajstić information content (AvgIpc) is 2.19. The van der Waals surface area contributed by atoms with Crippen molar-refractivity contribution < 1.29 is 9.47 Å². The maximum atomic E-state index is 5.64. The van der Waals surface area contributed by atoms with Crippen molar-refractivity contribution in [3.63, 3.8) is 0 Å². The van der Waals surface area contributed by atoms with Crippen molar-refractivity contribution in [2.45, 2.75) is 47.1 Å². The number of methoxy groups -OCH3 is 1. The van der Waals surface area contributed by atoms with Gasteiger partial charge in [0.15, 0.2) is 0 Å². The Kier molecular flexibility index (Phi) is 8.83. The van der Waals surface area contributed by atoms with Gasteiger partial charge < -0.3 is 14.8 Å².